The van der Waals surface area contributed by atoms with Crippen molar-refractivity contribution < 1.29 is 0 Å². The van der Waals surface area contributed by atoms with Crippen molar-refractivity contribution in [2.45, 2.75) is 31.1 Å². The topological polar surface area (TPSA) is 75.3 Å². The highest BCUT2D eigenvalue weighted by atomic mass is 32.2. The van der Waals surface area contributed by atoms with Gasteiger partial charge in [0.05, 0.1) is 0 Å². The number of aromatic nitrogens is 4. The Balaban J connectivity index is 2.34. The van der Waals surface area contributed by atoms with Crippen molar-refractivity contribution in [2.24, 2.45) is 0 Å². The summed E-state index contributed by atoms with van der Waals surface area (Å²) in [6.07, 6.45) is 0. The molecule has 0 fully saturated rings. The second kappa shape index (κ2) is 5.10. The zero-order valence-corrected chi connectivity index (χ0v) is 11.1. The zero-order chi connectivity index (χ0) is 13.1. The van der Waals surface area contributed by atoms with Crippen LogP contribution in [0.25, 0.3) is 0 Å². The van der Waals surface area contributed by atoms with E-state index in [-0.39, 0.29) is 0 Å². The van der Waals surface area contributed by atoms with Gasteiger partial charge < -0.3 is 0 Å². The molecule has 2 rings (SSSR count). The molecule has 0 radical (unpaired) electrons. The molecule has 0 unspecified atom stereocenters. The van der Waals surface area contributed by atoms with Gasteiger partial charge in [-0.25, -0.2) is 19.9 Å². The summed E-state index contributed by atoms with van der Waals surface area (Å²) in [4.78, 5) is 17.0. The minimum absolute atomic E-state index is 0.356. The van der Waals surface area contributed by atoms with E-state index in [9.17, 15) is 0 Å². The fraction of sp³-hybridized carbons (Fsp3) is 0.250. The third kappa shape index (κ3) is 3.02. The second-order valence-corrected chi connectivity index (χ2v) is 4.76. The molecule has 0 aliphatic carbocycles. The average Bonchev–Trinajstić information content (AvgIpc) is 2.26. The normalized spacial score (nSPS) is 10.1. The lowest BCUT2D eigenvalue weighted by Crippen LogP contribution is -1.97. The molecule has 0 spiro atoms. The number of rotatable bonds is 2. The molecule has 0 saturated heterocycles. The van der Waals surface area contributed by atoms with Crippen LogP contribution in [0.1, 0.15) is 22.8 Å². The lowest BCUT2D eigenvalue weighted by Gasteiger charge is -2.02. The van der Waals surface area contributed by atoms with Crippen LogP contribution in [0.5, 0.6) is 0 Å². The van der Waals surface area contributed by atoms with Gasteiger partial charge in [0.2, 0.25) is 0 Å². The molecule has 0 aliphatic heterocycles. The van der Waals surface area contributed by atoms with E-state index in [4.69, 9.17) is 5.26 Å². The van der Waals surface area contributed by atoms with Gasteiger partial charge in [0.25, 0.3) is 0 Å². The van der Waals surface area contributed by atoms with E-state index in [1.54, 1.807) is 6.07 Å². The summed E-state index contributed by atoms with van der Waals surface area (Å²) in [5.41, 5.74) is 2.92. The average molecular weight is 257 g/mol. The highest BCUT2D eigenvalue weighted by Gasteiger charge is 2.07. The number of hydrogen-bond acceptors (Lipinski definition) is 6. The van der Waals surface area contributed by atoms with Crippen molar-refractivity contribution in [2.75, 3.05) is 0 Å². The Morgan fingerprint density at radius 1 is 0.889 bits per heavy atom. The summed E-state index contributed by atoms with van der Waals surface area (Å²) >= 11 is 1.26. The quantitative estimate of drug-likeness (QED) is 0.768. The molecule has 2 aromatic heterocycles. The summed E-state index contributed by atoms with van der Waals surface area (Å²) in [6.45, 7) is 5.65. The van der Waals surface area contributed by atoms with Gasteiger partial charge in [0.1, 0.15) is 11.8 Å². The van der Waals surface area contributed by atoms with Crippen LogP contribution in [0, 0.1) is 32.1 Å². The van der Waals surface area contributed by atoms with Crippen molar-refractivity contribution in [3.63, 3.8) is 0 Å². The molecule has 18 heavy (non-hydrogen) atoms. The Morgan fingerprint density at radius 3 is 1.94 bits per heavy atom. The van der Waals surface area contributed by atoms with Crippen molar-refractivity contribution in [1.82, 2.24) is 19.9 Å². The summed E-state index contributed by atoms with van der Waals surface area (Å²) in [7, 11) is 0. The standard InChI is InChI=1S/C12H11N5S/c1-7-4-8(2)15-11(14-7)18-12-16-9(3)5-10(6-13)17-12/h4-5H,1-3H3. The fourth-order valence-corrected chi connectivity index (χ4v) is 2.34. The van der Waals surface area contributed by atoms with E-state index in [0.29, 0.717) is 16.0 Å². The summed E-state index contributed by atoms with van der Waals surface area (Å²) in [6, 6.07) is 5.56. The summed E-state index contributed by atoms with van der Waals surface area (Å²) in [5, 5.41) is 9.96. The van der Waals surface area contributed by atoms with Gasteiger partial charge >= 0.3 is 0 Å². The number of nitriles is 1. The molecule has 2 aromatic rings. The molecule has 0 N–H and O–H groups in total. The summed E-state index contributed by atoms with van der Waals surface area (Å²) < 4.78 is 0. The third-order valence-electron chi connectivity index (χ3n) is 2.09. The van der Waals surface area contributed by atoms with Gasteiger partial charge in [-0.2, -0.15) is 5.26 Å². The number of aryl methyl sites for hydroxylation is 3. The van der Waals surface area contributed by atoms with Gasteiger partial charge in [-0.1, -0.05) is 0 Å². The largest absolute Gasteiger partial charge is 0.228 e. The molecule has 0 aromatic carbocycles. The molecule has 90 valence electrons. The van der Waals surface area contributed by atoms with E-state index in [1.165, 1.54) is 11.8 Å². The van der Waals surface area contributed by atoms with Gasteiger partial charge in [0.15, 0.2) is 10.3 Å². The van der Waals surface area contributed by atoms with E-state index in [0.717, 1.165) is 17.1 Å². The Morgan fingerprint density at radius 2 is 1.39 bits per heavy atom. The molecular weight excluding hydrogens is 246 g/mol. The van der Waals surface area contributed by atoms with Crippen LogP contribution in [0.15, 0.2) is 22.4 Å². The van der Waals surface area contributed by atoms with Crippen molar-refractivity contribution in [3.05, 3.63) is 34.9 Å². The fourth-order valence-electron chi connectivity index (χ4n) is 1.47. The van der Waals surface area contributed by atoms with Gasteiger partial charge in [-0.05, 0) is 44.7 Å². The minimum Gasteiger partial charge on any atom is -0.228 e. The van der Waals surface area contributed by atoms with Crippen LogP contribution in [-0.4, -0.2) is 19.9 Å². The Kier molecular flexibility index (Phi) is 3.53. The van der Waals surface area contributed by atoms with Crippen LogP contribution in [0.2, 0.25) is 0 Å². The second-order valence-electron chi connectivity index (χ2n) is 3.82. The molecule has 2 heterocycles. The van der Waals surface area contributed by atoms with Gasteiger partial charge in [0, 0.05) is 17.1 Å². The van der Waals surface area contributed by atoms with Crippen LogP contribution in [-0.2, 0) is 0 Å². The van der Waals surface area contributed by atoms with Crippen molar-refractivity contribution >= 4 is 11.8 Å². The first-order valence-electron chi connectivity index (χ1n) is 5.33. The first-order valence-corrected chi connectivity index (χ1v) is 6.14. The smallest absolute Gasteiger partial charge is 0.196 e. The molecule has 5 nitrogen and oxygen atoms in total. The monoisotopic (exact) mass is 257 g/mol. The molecular formula is C12H11N5S. The predicted molar refractivity (Wildman–Crippen MR) is 67.1 cm³/mol. The van der Waals surface area contributed by atoms with Crippen LogP contribution < -0.4 is 0 Å². The lowest BCUT2D eigenvalue weighted by molar-refractivity contribution is 0.876. The molecule has 0 saturated carbocycles. The molecule has 0 aliphatic rings. The molecule has 6 heteroatoms. The van der Waals surface area contributed by atoms with E-state index in [1.807, 2.05) is 32.9 Å². The number of hydrogen-bond donors (Lipinski definition) is 0. The van der Waals surface area contributed by atoms with E-state index < -0.39 is 0 Å². The predicted octanol–water partition coefficient (Wildman–Crippen LogP) is 2.21. The molecule has 0 atom stereocenters. The van der Waals surface area contributed by atoms with E-state index in [2.05, 4.69) is 19.9 Å². The maximum atomic E-state index is 8.86. The van der Waals surface area contributed by atoms with Crippen LogP contribution >= 0.6 is 11.8 Å². The Bertz CT molecular complexity index is 613. The summed E-state index contributed by atoms with van der Waals surface area (Å²) in [5.74, 6) is 0. The Hall–Kier alpha value is -2.00. The molecule has 0 amide bonds. The number of nitrogens with zero attached hydrogens (tertiary/aromatic N) is 5. The first kappa shape index (κ1) is 12.5. The van der Waals surface area contributed by atoms with Gasteiger partial charge in [-0.3, -0.25) is 0 Å². The maximum absolute atomic E-state index is 8.86. The van der Waals surface area contributed by atoms with Crippen LogP contribution in [0.3, 0.4) is 0 Å². The highest BCUT2D eigenvalue weighted by molar-refractivity contribution is 7.99. The zero-order valence-electron chi connectivity index (χ0n) is 10.3. The van der Waals surface area contributed by atoms with Crippen LogP contribution in [0.4, 0.5) is 0 Å². The maximum Gasteiger partial charge on any atom is 0.196 e. The van der Waals surface area contributed by atoms with Crippen molar-refractivity contribution in [3.8, 4) is 6.07 Å². The first-order chi connectivity index (χ1) is 8.56. The minimum atomic E-state index is 0.356. The Labute approximate surface area is 109 Å². The van der Waals surface area contributed by atoms with E-state index >= 15 is 0 Å². The van der Waals surface area contributed by atoms with Gasteiger partial charge in [-0.15, -0.1) is 0 Å². The third-order valence-corrected chi connectivity index (χ3v) is 2.82. The SMILES string of the molecule is Cc1cc(C)nc(Sc2nc(C)cc(C#N)n2)n1. The molecule has 0 bridgehead atoms. The lowest BCUT2D eigenvalue weighted by atomic mass is 10.4. The van der Waals surface area contributed by atoms with Crippen molar-refractivity contribution in [1.29, 1.82) is 5.26 Å². The highest BCUT2D eigenvalue weighted by Crippen LogP contribution is 2.21.